The molecule has 0 saturated heterocycles. The molecule has 1 N–H and O–H groups in total. The van der Waals surface area contributed by atoms with Crippen LogP contribution in [0.2, 0.25) is 4.47 Å². The number of halogens is 1. The molecule has 0 spiro atoms. The average Bonchev–Trinajstić information content (AvgIpc) is 2.60. The van der Waals surface area contributed by atoms with Crippen LogP contribution in [-0.2, 0) is 6.54 Å². The normalized spacial score (nSPS) is 11.3. The molecule has 1 heterocycles. The van der Waals surface area contributed by atoms with Gasteiger partial charge in [0.2, 0.25) is 0 Å². The molecule has 16 heavy (non-hydrogen) atoms. The van der Waals surface area contributed by atoms with Gasteiger partial charge in [0.05, 0.1) is 11.5 Å². The second kappa shape index (κ2) is 5.66. The Labute approximate surface area is 102 Å². The highest BCUT2D eigenvalue weighted by molar-refractivity contribution is 7.15. The van der Waals surface area contributed by atoms with E-state index < -0.39 is 4.92 Å². The zero-order valence-electron chi connectivity index (χ0n) is 8.81. The van der Waals surface area contributed by atoms with Crippen LogP contribution in [0.4, 0.5) is 0 Å². The monoisotopic (exact) mass is 262 g/mol. The van der Waals surface area contributed by atoms with Gasteiger partial charge in [-0.25, -0.2) is 4.98 Å². The lowest BCUT2D eigenvalue weighted by atomic mass is 10.5. The zero-order valence-corrected chi connectivity index (χ0v) is 10.4. The van der Waals surface area contributed by atoms with Gasteiger partial charge < -0.3 is 10.2 Å². The third-order valence-electron chi connectivity index (χ3n) is 1.81. The molecule has 0 radical (unpaired) electrons. The van der Waals surface area contributed by atoms with Crippen LogP contribution in [0.25, 0.3) is 0 Å². The maximum atomic E-state index is 10.4. The van der Waals surface area contributed by atoms with Crippen LogP contribution in [-0.4, -0.2) is 28.9 Å². The first kappa shape index (κ1) is 12.7. The SMILES string of the molecule is CNC(=C[N+](=O)[O-])N(C)Cc1cnc(Cl)s1. The maximum absolute atomic E-state index is 10.4. The summed E-state index contributed by atoms with van der Waals surface area (Å²) in [6, 6.07) is 0. The van der Waals surface area contributed by atoms with Gasteiger partial charge in [-0.2, -0.15) is 0 Å². The molecule has 1 aromatic heterocycles. The van der Waals surface area contributed by atoms with Crippen LogP contribution in [0, 0.1) is 10.1 Å². The first-order valence-electron chi connectivity index (χ1n) is 4.37. The van der Waals surface area contributed by atoms with Crippen molar-refractivity contribution in [2.45, 2.75) is 6.54 Å². The van der Waals surface area contributed by atoms with Crippen LogP contribution in [0.15, 0.2) is 18.2 Å². The molecule has 88 valence electrons. The van der Waals surface area contributed by atoms with Crippen molar-refractivity contribution in [2.24, 2.45) is 0 Å². The van der Waals surface area contributed by atoms with Crippen molar-refractivity contribution in [1.29, 1.82) is 0 Å². The summed E-state index contributed by atoms with van der Waals surface area (Å²) in [7, 11) is 3.38. The minimum atomic E-state index is -0.498. The van der Waals surface area contributed by atoms with Crippen LogP contribution in [0.1, 0.15) is 4.88 Å². The Morgan fingerprint density at radius 2 is 2.56 bits per heavy atom. The van der Waals surface area contributed by atoms with Crippen molar-refractivity contribution < 1.29 is 4.92 Å². The molecule has 8 heteroatoms. The van der Waals surface area contributed by atoms with Gasteiger partial charge in [0.1, 0.15) is 0 Å². The number of nitro groups is 1. The Kier molecular flexibility index (Phi) is 4.51. The van der Waals surface area contributed by atoms with E-state index in [0.29, 0.717) is 16.8 Å². The van der Waals surface area contributed by atoms with Gasteiger partial charge in [-0.3, -0.25) is 10.1 Å². The van der Waals surface area contributed by atoms with E-state index in [0.717, 1.165) is 11.1 Å². The second-order valence-electron chi connectivity index (χ2n) is 2.99. The minimum Gasteiger partial charge on any atom is -0.370 e. The molecule has 1 aromatic rings. The van der Waals surface area contributed by atoms with E-state index in [2.05, 4.69) is 10.3 Å². The fraction of sp³-hybridized carbons (Fsp3) is 0.375. The van der Waals surface area contributed by atoms with Gasteiger partial charge in [-0.05, 0) is 0 Å². The first-order valence-corrected chi connectivity index (χ1v) is 5.56. The van der Waals surface area contributed by atoms with Gasteiger partial charge in [-0.1, -0.05) is 11.6 Å². The van der Waals surface area contributed by atoms with Crippen molar-refractivity contribution in [3.05, 3.63) is 37.7 Å². The smallest absolute Gasteiger partial charge is 0.274 e. The van der Waals surface area contributed by atoms with Gasteiger partial charge in [-0.15, -0.1) is 11.3 Å². The van der Waals surface area contributed by atoms with Gasteiger partial charge >= 0.3 is 0 Å². The number of nitrogens with one attached hydrogen (secondary N) is 1. The molecule has 0 fully saturated rings. The third-order valence-corrected chi connectivity index (χ3v) is 2.91. The Balaban J connectivity index is 2.70. The summed E-state index contributed by atoms with van der Waals surface area (Å²) >= 11 is 7.04. The summed E-state index contributed by atoms with van der Waals surface area (Å²) in [6.45, 7) is 0.519. The predicted molar refractivity (Wildman–Crippen MR) is 62.7 cm³/mol. The standard InChI is InChI=1S/C8H11ClN4O2S/c1-10-7(5-13(14)15)12(2)4-6-3-11-8(9)16-6/h3,5,10H,4H2,1-2H3. The van der Waals surface area contributed by atoms with E-state index in [1.807, 2.05) is 0 Å². The van der Waals surface area contributed by atoms with Crippen molar-refractivity contribution in [3.63, 3.8) is 0 Å². The fourth-order valence-electron chi connectivity index (χ4n) is 1.13. The number of hydrogen-bond acceptors (Lipinski definition) is 6. The highest BCUT2D eigenvalue weighted by Crippen LogP contribution is 2.19. The van der Waals surface area contributed by atoms with E-state index in [1.165, 1.54) is 11.3 Å². The number of aromatic nitrogens is 1. The number of hydrogen-bond donors (Lipinski definition) is 1. The lowest BCUT2D eigenvalue weighted by Crippen LogP contribution is -2.26. The first-order chi connectivity index (χ1) is 7.52. The Bertz CT molecular complexity index is 406. The summed E-state index contributed by atoms with van der Waals surface area (Å²) in [4.78, 5) is 16.4. The number of nitrogens with zero attached hydrogens (tertiary/aromatic N) is 3. The van der Waals surface area contributed by atoms with Crippen LogP contribution in [0.3, 0.4) is 0 Å². The quantitative estimate of drug-likeness (QED) is 0.644. The third kappa shape index (κ3) is 3.67. The topological polar surface area (TPSA) is 71.3 Å². The molecule has 6 nitrogen and oxygen atoms in total. The molecule has 0 aliphatic heterocycles. The lowest BCUT2D eigenvalue weighted by molar-refractivity contribution is -0.404. The summed E-state index contributed by atoms with van der Waals surface area (Å²) in [6.07, 6.45) is 2.57. The molecular formula is C8H11ClN4O2S. The van der Waals surface area contributed by atoms with Crippen molar-refractivity contribution in [3.8, 4) is 0 Å². The molecule has 0 saturated carbocycles. The molecule has 0 aliphatic carbocycles. The van der Waals surface area contributed by atoms with Crippen molar-refractivity contribution in [1.82, 2.24) is 15.2 Å². The molecule has 0 amide bonds. The number of rotatable bonds is 5. The summed E-state index contributed by atoms with van der Waals surface area (Å²) in [5, 5.41) is 13.1. The van der Waals surface area contributed by atoms with E-state index in [9.17, 15) is 10.1 Å². The molecule has 1 rings (SSSR count). The highest BCUT2D eigenvalue weighted by atomic mass is 35.5. The molecular weight excluding hydrogens is 252 g/mol. The average molecular weight is 263 g/mol. The highest BCUT2D eigenvalue weighted by Gasteiger charge is 2.09. The molecule has 0 unspecified atom stereocenters. The van der Waals surface area contributed by atoms with Crippen molar-refractivity contribution in [2.75, 3.05) is 14.1 Å². The Hall–Kier alpha value is -1.34. The number of thiazole rings is 1. The fourth-order valence-corrected chi connectivity index (χ4v) is 2.16. The zero-order chi connectivity index (χ0) is 12.1. The molecule has 0 bridgehead atoms. The van der Waals surface area contributed by atoms with E-state index in [4.69, 9.17) is 11.6 Å². The van der Waals surface area contributed by atoms with E-state index in [1.54, 1.807) is 25.2 Å². The molecule has 0 aliphatic rings. The predicted octanol–water partition coefficient (Wildman–Crippen LogP) is 1.52. The lowest BCUT2D eigenvalue weighted by Gasteiger charge is -2.18. The van der Waals surface area contributed by atoms with E-state index in [-0.39, 0.29) is 0 Å². The van der Waals surface area contributed by atoms with Gasteiger partial charge in [0.15, 0.2) is 10.3 Å². The Morgan fingerprint density at radius 3 is 3.00 bits per heavy atom. The molecule has 0 aromatic carbocycles. The largest absolute Gasteiger partial charge is 0.370 e. The van der Waals surface area contributed by atoms with E-state index >= 15 is 0 Å². The summed E-state index contributed by atoms with van der Waals surface area (Å²) in [5.41, 5.74) is 0. The van der Waals surface area contributed by atoms with Gasteiger partial charge in [0, 0.05) is 25.2 Å². The van der Waals surface area contributed by atoms with Crippen LogP contribution < -0.4 is 5.32 Å². The van der Waals surface area contributed by atoms with Gasteiger partial charge in [0.25, 0.3) is 6.20 Å². The summed E-state index contributed by atoms with van der Waals surface area (Å²) < 4.78 is 0.465. The minimum absolute atomic E-state index is 0.425. The second-order valence-corrected chi connectivity index (χ2v) is 4.68. The van der Waals surface area contributed by atoms with Crippen LogP contribution >= 0.6 is 22.9 Å². The van der Waals surface area contributed by atoms with Crippen LogP contribution in [0.5, 0.6) is 0 Å². The van der Waals surface area contributed by atoms with Crippen molar-refractivity contribution >= 4 is 22.9 Å². The Morgan fingerprint density at radius 1 is 1.88 bits per heavy atom. The molecule has 0 atom stereocenters. The maximum Gasteiger partial charge on any atom is 0.274 e. The summed E-state index contributed by atoms with van der Waals surface area (Å²) in [5.74, 6) is 0.425.